The highest BCUT2D eigenvalue weighted by Gasteiger charge is 2.41. The second-order valence-corrected chi connectivity index (χ2v) is 10.6. The molecule has 5 rings (SSSR count). The van der Waals surface area contributed by atoms with Gasteiger partial charge in [0.2, 0.25) is 5.91 Å². The number of aliphatic carboxylic acids is 1. The van der Waals surface area contributed by atoms with E-state index in [0.29, 0.717) is 33.8 Å². The Morgan fingerprint density at radius 1 is 1.02 bits per heavy atom. The lowest BCUT2D eigenvalue weighted by Gasteiger charge is -2.26. The number of methoxy groups -OCH3 is 1. The first-order valence-electron chi connectivity index (χ1n) is 14.5. The number of carbonyl (C=O) groups excluding carboxylic acids is 3. The lowest BCUT2D eigenvalue weighted by molar-refractivity contribution is -0.139. The van der Waals surface area contributed by atoms with E-state index in [0.717, 1.165) is 4.90 Å². The summed E-state index contributed by atoms with van der Waals surface area (Å²) in [6, 6.07) is 25.5. The summed E-state index contributed by atoms with van der Waals surface area (Å²) in [4.78, 5) is 62.2. The van der Waals surface area contributed by atoms with Gasteiger partial charge in [-0.1, -0.05) is 66.7 Å². The molecule has 3 amide bonds. The highest BCUT2D eigenvalue weighted by molar-refractivity contribution is 6.10. The van der Waals surface area contributed by atoms with Gasteiger partial charge in [0.05, 0.1) is 12.8 Å². The van der Waals surface area contributed by atoms with E-state index >= 15 is 0 Å². The summed E-state index contributed by atoms with van der Waals surface area (Å²) in [6.45, 7) is 1.62. The van der Waals surface area contributed by atoms with Crippen LogP contribution in [-0.2, 0) is 14.3 Å². The van der Waals surface area contributed by atoms with Crippen LogP contribution in [0.4, 0.5) is 10.5 Å². The normalized spacial score (nSPS) is 15.9. The lowest BCUT2D eigenvalue weighted by Crippen LogP contribution is -2.38. The SMILES string of the molecule is COc1cccc([C@H](CC(=O)N2C(=O)OC[C@H]2c2ccccc2)[C@@H](N=C(C)c2ccccc2NC(=O)c2ccccn2)C(=O)O)c1. The largest absolute Gasteiger partial charge is 0.497 e. The first-order valence-corrected chi connectivity index (χ1v) is 14.5. The molecular formula is C35H32N4O7. The van der Waals surface area contributed by atoms with E-state index in [1.165, 1.54) is 13.3 Å². The number of imide groups is 1. The molecule has 0 radical (unpaired) electrons. The number of amides is 3. The van der Waals surface area contributed by atoms with Gasteiger partial charge < -0.3 is 19.9 Å². The number of nitrogens with one attached hydrogen (secondary N) is 1. The zero-order chi connectivity index (χ0) is 32.6. The molecule has 4 aromatic rings. The van der Waals surface area contributed by atoms with Gasteiger partial charge in [0.15, 0.2) is 6.04 Å². The minimum absolute atomic E-state index is 0.0148. The van der Waals surface area contributed by atoms with Crippen LogP contribution in [-0.4, -0.2) is 64.3 Å². The van der Waals surface area contributed by atoms with E-state index in [2.05, 4.69) is 15.3 Å². The maximum Gasteiger partial charge on any atom is 0.417 e. The number of carbonyl (C=O) groups is 4. The molecule has 0 aliphatic carbocycles. The molecule has 3 aromatic carbocycles. The van der Waals surface area contributed by atoms with E-state index in [1.807, 2.05) is 6.07 Å². The van der Waals surface area contributed by atoms with Crippen molar-refractivity contribution in [3.05, 3.63) is 126 Å². The molecule has 2 heterocycles. The molecule has 11 nitrogen and oxygen atoms in total. The Morgan fingerprint density at radius 3 is 2.48 bits per heavy atom. The average Bonchev–Trinajstić information content (AvgIpc) is 3.48. The van der Waals surface area contributed by atoms with Crippen molar-refractivity contribution < 1.29 is 33.8 Å². The van der Waals surface area contributed by atoms with E-state index in [-0.39, 0.29) is 18.7 Å². The standard InChI is InChI=1S/C35H32N4O7/c1-22(26-15-6-7-16-28(26)38-33(41)29-17-8-9-18-36-29)37-32(34(42)43)27(24-13-10-14-25(19-24)45-2)20-31(40)39-30(21-46-35(39)44)23-11-4-3-5-12-23/h3-19,27,30,32H,20-21H2,1-2H3,(H,38,41)(H,42,43)/t27-,30-,32+/m0/s1. The molecule has 2 N–H and O–H groups in total. The van der Waals surface area contributed by atoms with Crippen LogP contribution in [0.25, 0.3) is 0 Å². The van der Waals surface area contributed by atoms with Crippen LogP contribution in [0.15, 0.2) is 108 Å². The predicted molar refractivity (Wildman–Crippen MR) is 170 cm³/mol. The summed E-state index contributed by atoms with van der Waals surface area (Å²) >= 11 is 0. The molecule has 1 aliphatic rings. The lowest BCUT2D eigenvalue weighted by atomic mass is 9.87. The first kappa shape index (κ1) is 31.6. The van der Waals surface area contributed by atoms with E-state index in [4.69, 9.17) is 9.47 Å². The smallest absolute Gasteiger partial charge is 0.417 e. The fourth-order valence-corrected chi connectivity index (χ4v) is 5.37. The summed E-state index contributed by atoms with van der Waals surface area (Å²) in [5.74, 6) is -2.87. The van der Waals surface area contributed by atoms with Crippen molar-refractivity contribution in [1.29, 1.82) is 0 Å². The Bertz CT molecular complexity index is 1760. The molecular weight excluding hydrogens is 588 g/mol. The molecule has 0 saturated carbocycles. The van der Waals surface area contributed by atoms with Crippen molar-refractivity contribution >= 4 is 35.3 Å². The molecule has 3 atom stereocenters. The molecule has 1 aliphatic heterocycles. The molecule has 234 valence electrons. The maximum absolute atomic E-state index is 13.9. The number of aliphatic imine (C=N–C) groups is 1. The number of anilines is 1. The molecule has 0 unspecified atom stereocenters. The Kier molecular flexibility index (Phi) is 9.81. The summed E-state index contributed by atoms with van der Waals surface area (Å²) in [5, 5.41) is 13.3. The van der Waals surface area contributed by atoms with E-state index in [1.54, 1.807) is 97.9 Å². The fraction of sp³-hybridized carbons (Fsp3) is 0.200. The predicted octanol–water partition coefficient (Wildman–Crippen LogP) is 5.50. The van der Waals surface area contributed by atoms with Crippen LogP contribution in [0.5, 0.6) is 5.75 Å². The van der Waals surface area contributed by atoms with Crippen LogP contribution in [0, 0.1) is 0 Å². The molecule has 1 fully saturated rings. The van der Waals surface area contributed by atoms with Crippen LogP contribution in [0.3, 0.4) is 0 Å². The number of ether oxygens (including phenoxy) is 2. The van der Waals surface area contributed by atoms with Crippen molar-refractivity contribution in [2.75, 3.05) is 19.0 Å². The second kappa shape index (κ2) is 14.3. The van der Waals surface area contributed by atoms with Crippen molar-refractivity contribution in [1.82, 2.24) is 9.88 Å². The number of pyridine rings is 1. The van der Waals surface area contributed by atoms with E-state index < -0.39 is 41.9 Å². The van der Waals surface area contributed by atoms with Crippen LogP contribution < -0.4 is 10.1 Å². The van der Waals surface area contributed by atoms with E-state index in [9.17, 15) is 24.3 Å². The number of benzene rings is 3. The first-order chi connectivity index (χ1) is 22.3. The van der Waals surface area contributed by atoms with Gasteiger partial charge in [-0.2, -0.15) is 0 Å². The summed E-state index contributed by atoms with van der Waals surface area (Å²) in [6.07, 6.45) is 0.346. The van der Waals surface area contributed by atoms with Crippen LogP contribution in [0.1, 0.15) is 52.5 Å². The highest BCUT2D eigenvalue weighted by atomic mass is 16.6. The minimum atomic E-state index is -1.45. The number of carboxylic acid groups (broad SMARTS) is 1. The Balaban J connectivity index is 1.50. The monoisotopic (exact) mass is 620 g/mol. The summed E-state index contributed by atoms with van der Waals surface area (Å²) in [5.41, 5.74) is 2.61. The quantitative estimate of drug-likeness (QED) is 0.209. The maximum atomic E-state index is 13.9. The van der Waals surface area contributed by atoms with Gasteiger partial charge in [-0.05, 0) is 48.4 Å². The Labute approximate surface area is 265 Å². The highest BCUT2D eigenvalue weighted by Crippen LogP contribution is 2.34. The van der Waals surface area contributed by atoms with Gasteiger partial charge >= 0.3 is 12.1 Å². The number of carboxylic acids is 1. The third-order valence-electron chi connectivity index (χ3n) is 7.67. The van der Waals surface area contributed by atoms with Gasteiger partial charge in [0.1, 0.15) is 24.1 Å². The fourth-order valence-electron chi connectivity index (χ4n) is 5.37. The van der Waals surface area contributed by atoms with Gasteiger partial charge in [0.25, 0.3) is 5.91 Å². The summed E-state index contributed by atoms with van der Waals surface area (Å²) < 4.78 is 10.6. The number of rotatable bonds is 11. The second-order valence-electron chi connectivity index (χ2n) is 10.6. The number of para-hydroxylation sites is 1. The number of aromatic nitrogens is 1. The number of nitrogens with zero attached hydrogens (tertiary/aromatic N) is 3. The van der Waals surface area contributed by atoms with Gasteiger partial charge in [-0.3, -0.25) is 19.6 Å². The van der Waals surface area contributed by atoms with Crippen molar-refractivity contribution in [2.24, 2.45) is 4.99 Å². The molecule has 0 bridgehead atoms. The topological polar surface area (TPSA) is 147 Å². The van der Waals surface area contributed by atoms with Crippen molar-refractivity contribution in [3.8, 4) is 5.75 Å². The molecule has 11 heteroatoms. The third kappa shape index (κ3) is 7.10. The van der Waals surface area contributed by atoms with Gasteiger partial charge in [-0.25, -0.2) is 14.5 Å². The van der Waals surface area contributed by atoms with Gasteiger partial charge in [-0.15, -0.1) is 0 Å². The minimum Gasteiger partial charge on any atom is -0.497 e. The van der Waals surface area contributed by atoms with Crippen molar-refractivity contribution in [2.45, 2.75) is 31.3 Å². The number of hydrogen-bond donors (Lipinski definition) is 2. The molecule has 1 saturated heterocycles. The average molecular weight is 621 g/mol. The molecule has 46 heavy (non-hydrogen) atoms. The summed E-state index contributed by atoms with van der Waals surface area (Å²) in [7, 11) is 1.48. The zero-order valence-corrected chi connectivity index (χ0v) is 25.2. The number of hydrogen-bond acceptors (Lipinski definition) is 8. The van der Waals surface area contributed by atoms with Crippen LogP contribution >= 0.6 is 0 Å². The Morgan fingerprint density at radius 2 is 1.76 bits per heavy atom. The Hall–Kier alpha value is -5.84. The number of cyclic esters (lactones) is 1. The zero-order valence-electron chi connectivity index (χ0n) is 25.2. The molecule has 1 aromatic heterocycles. The molecule has 0 spiro atoms. The van der Waals surface area contributed by atoms with Crippen LogP contribution in [0.2, 0.25) is 0 Å². The third-order valence-corrected chi connectivity index (χ3v) is 7.67. The van der Waals surface area contributed by atoms with Crippen molar-refractivity contribution in [3.63, 3.8) is 0 Å². The van der Waals surface area contributed by atoms with Gasteiger partial charge in [0, 0.05) is 29.8 Å².